The van der Waals surface area contributed by atoms with E-state index in [1.807, 2.05) is 30.3 Å². The largest absolute Gasteiger partial charge is 0.488 e. The maximum Gasteiger partial charge on any atom is 0.237 e. The molecule has 0 aliphatic carbocycles. The molecule has 26 heavy (non-hydrogen) atoms. The van der Waals surface area contributed by atoms with Crippen LogP contribution in [0.2, 0.25) is 0 Å². The van der Waals surface area contributed by atoms with E-state index in [1.54, 1.807) is 11.1 Å². The number of hydrogen-bond donors (Lipinski definition) is 0. The Hall–Kier alpha value is -2.65. The second kappa shape index (κ2) is 7.30. The monoisotopic (exact) mass is 350 g/mol. The zero-order valence-electron chi connectivity index (χ0n) is 14.7. The standard InChI is InChI=1S/C20H22N4O2/c21-12-15-4-3-10-24(15)20(25)14-23-11-8-16(13-23)26-19-7-1-6-18-17(19)5-2-9-22-18/h1-2,5-7,9,15-16H,3-4,8,10-11,13-14H2/t15?,16-/m0/s1. The van der Waals surface area contributed by atoms with Crippen LogP contribution in [-0.4, -0.2) is 59.0 Å². The van der Waals surface area contributed by atoms with Crippen LogP contribution >= 0.6 is 0 Å². The minimum atomic E-state index is -0.250. The Morgan fingerprint density at radius 1 is 1.27 bits per heavy atom. The van der Waals surface area contributed by atoms with Gasteiger partial charge in [0.2, 0.25) is 5.91 Å². The lowest BCUT2D eigenvalue weighted by molar-refractivity contribution is -0.132. The number of fused-ring (bicyclic) bond motifs is 1. The Morgan fingerprint density at radius 3 is 3.08 bits per heavy atom. The number of rotatable bonds is 4. The quantitative estimate of drug-likeness (QED) is 0.845. The number of aromatic nitrogens is 1. The lowest BCUT2D eigenvalue weighted by Gasteiger charge is -2.23. The van der Waals surface area contributed by atoms with E-state index in [2.05, 4.69) is 16.0 Å². The highest BCUT2D eigenvalue weighted by atomic mass is 16.5. The van der Waals surface area contributed by atoms with Gasteiger partial charge in [-0.2, -0.15) is 5.26 Å². The van der Waals surface area contributed by atoms with Crippen molar-refractivity contribution in [1.29, 1.82) is 5.26 Å². The highest BCUT2D eigenvalue weighted by molar-refractivity contribution is 5.84. The molecule has 2 aromatic rings. The third-order valence-corrected chi connectivity index (χ3v) is 5.21. The van der Waals surface area contributed by atoms with Gasteiger partial charge < -0.3 is 9.64 Å². The molecular weight excluding hydrogens is 328 g/mol. The summed E-state index contributed by atoms with van der Waals surface area (Å²) in [7, 11) is 0. The van der Waals surface area contributed by atoms with Gasteiger partial charge in [0.25, 0.3) is 0 Å². The summed E-state index contributed by atoms with van der Waals surface area (Å²) in [5, 5.41) is 10.2. The Labute approximate surface area is 153 Å². The van der Waals surface area contributed by atoms with Crippen LogP contribution in [0.25, 0.3) is 10.9 Å². The van der Waals surface area contributed by atoms with E-state index in [-0.39, 0.29) is 18.1 Å². The fourth-order valence-corrected chi connectivity index (χ4v) is 3.88. The van der Waals surface area contributed by atoms with Gasteiger partial charge in [0.15, 0.2) is 0 Å². The Morgan fingerprint density at radius 2 is 2.19 bits per heavy atom. The van der Waals surface area contributed by atoms with Crippen LogP contribution in [0.1, 0.15) is 19.3 Å². The number of pyridine rings is 1. The van der Waals surface area contributed by atoms with E-state index >= 15 is 0 Å². The molecule has 1 aromatic heterocycles. The number of carbonyl (C=O) groups excluding carboxylic acids is 1. The van der Waals surface area contributed by atoms with Crippen LogP contribution in [-0.2, 0) is 4.79 Å². The summed E-state index contributed by atoms with van der Waals surface area (Å²) in [5.41, 5.74) is 0.923. The van der Waals surface area contributed by atoms with Crippen molar-refractivity contribution < 1.29 is 9.53 Å². The summed E-state index contributed by atoms with van der Waals surface area (Å²) in [6.07, 6.45) is 4.46. The molecule has 2 aliphatic heterocycles. The molecule has 1 aromatic carbocycles. The molecule has 6 nitrogen and oxygen atoms in total. The lowest BCUT2D eigenvalue weighted by atomic mass is 10.2. The van der Waals surface area contributed by atoms with E-state index in [1.165, 1.54) is 0 Å². The molecule has 0 bridgehead atoms. The molecule has 6 heteroatoms. The second-order valence-electron chi connectivity index (χ2n) is 6.96. The summed E-state index contributed by atoms with van der Waals surface area (Å²) in [6, 6.07) is 11.8. The fourth-order valence-electron chi connectivity index (χ4n) is 3.88. The average Bonchev–Trinajstić information content (AvgIpc) is 3.31. The Bertz CT molecular complexity index is 842. The van der Waals surface area contributed by atoms with Gasteiger partial charge in [-0.1, -0.05) is 6.07 Å². The van der Waals surface area contributed by atoms with Crippen molar-refractivity contribution in [1.82, 2.24) is 14.8 Å². The highest BCUT2D eigenvalue weighted by Crippen LogP contribution is 2.27. The first kappa shape index (κ1) is 16.8. The van der Waals surface area contributed by atoms with E-state index < -0.39 is 0 Å². The zero-order valence-corrected chi connectivity index (χ0v) is 14.7. The number of likely N-dealkylation sites (tertiary alicyclic amines) is 2. The van der Waals surface area contributed by atoms with Gasteiger partial charge >= 0.3 is 0 Å². The normalized spacial score (nSPS) is 23.3. The molecule has 1 amide bonds. The third kappa shape index (κ3) is 3.35. The number of nitrogens with zero attached hydrogens (tertiary/aromatic N) is 4. The molecule has 4 rings (SSSR count). The molecule has 0 radical (unpaired) electrons. The molecule has 2 atom stereocenters. The summed E-state index contributed by atoms with van der Waals surface area (Å²) in [4.78, 5) is 20.7. The number of hydrogen-bond acceptors (Lipinski definition) is 5. The summed E-state index contributed by atoms with van der Waals surface area (Å²) < 4.78 is 6.21. The average molecular weight is 350 g/mol. The van der Waals surface area contributed by atoms with Gasteiger partial charge in [0.05, 0.1) is 18.1 Å². The first-order chi connectivity index (χ1) is 12.7. The predicted molar refractivity (Wildman–Crippen MR) is 97.6 cm³/mol. The molecule has 2 fully saturated rings. The van der Waals surface area contributed by atoms with Gasteiger partial charge in [-0.25, -0.2) is 0 Å². The van der Waals surface area contributed by atoms with Crippen molar-refractivity contribution in [2.24, 2.45) is 0 Å². The molecule has 134 valence electrons. The number of amides is 1. The summed E-state index contributed by atoms with van der Waals surface area (Å²) in [6.45, 7) is 2.64. The van der Waals surface area contributed by atoms with Crippen LogP contribution in [0.15, 0.2) is 36.5 Å². The molecule has 0 saturated carbocycles. The van der Waals surface area contributed by atoms with Gasteiger partial charge in [-0.05, 0) is 43.5 Å². The summed E-state index contributed by atoms with van der Waals surface area (Å²) in [5.74, 6) is 0.905. The molecule has 0 spiro atoms. The van der Waals surface area contributed by atoms with Crippen molar-refractivity contribution in [3.8, 4) is 11.8 Å². The molecule has 2 saturated heterocycles. The maximum absolute atomic E-state index is 12.5. The molecule has 3 heterocycles. The first-order valence-corrected chi connectivity index (χ1v) is 9.16. The van der Waals surface area contributed by atoms with Crippen LogP contribution < -0.4 is 4.74 Å². The Balaban J connectivity index is 1.37. The van der Waals surface area contributed by atoms with Gasteiger partial charge in [-0.15, -0.1) is 0 Å². The fraction of sp³-hybridized carbons (Fsp3) is 0.450. The van der Waals surface area contributed by atoms with Gasteiger partial charge in [0, 0.05) is 31.2 Å². The van der Waals surface area contributed by atoms with E-state index in [0.29, 0.717) is 13.1 Å². The van der Waals surface area contributed by atoms with Gasteiger partial charge in [-0.3, -0.25) is 14.7 Å². The molecular formula is C20H22N4O2. The van der Waals surface area contributed by atoms with E-state index in [9.17, 15) is 4.79 Å². The molecule has 0 N–H and O–H groups in total. The minimum Gasteiger partial charge on any atom is -0.488 e. The van der Waals surface area contributed by atoms with Crippen molar-refractivity contribution >= 4 is 16.8 Å². The van der Waals surface area contributed by atoms with Gasteiger partial charge in [0.1, 0.15) is 17.9 Å². The number of nitriles is 1. The van der Waals surface area contributed by atoms with Crippen molar-refractivity contribution in [3.63, 3.8) is 0 Å². The minimum absolute atomic E-state index is 0.0593. The lowest BCUT2D eigenvalue weighted by Crippen LogP contribution is -2.42. The van der Waals surface area contributed by atoms with E-state index in [4.69, 9.17) is 10.00 Å². The number of benzene rings is 1. The van der Waals surface area contributed by atoms with Crippen LogP contribution in [0, 0.1) is 11.3 Å². The third-order valence-electron chi connectivity index (χ3n) is 5.21. The van der Waals surface area contributed by atoms with Crippen LogP contribution in [0.3, 0.4) is 0 Å². The highest BCUT2D eigenvalue weighted by Gasteiger charge is 2.32. The maximum atomic E-state index is 12.5. The first-order valence-electron chi connectivity index (χ1n) is 9.16. The topological polar surface area (TPSA) is 69.5 Å². The smallest absolute Gasteiger partial charge is 0.237 e. The van der Waals surface area contributed by atoms with Crippen molar-refractivity contribution in [3.05, 3.63) is 36.5 Å². The predicted octanol–water partition coefficient (Wildman–Crippen LogP) is 2.20. The zero-order chi connectivity index (χ0) is 17.9. The molecule has 1 unspecified atom stereocenters. The number of ether oxygens (including phenoxy) is 1. The number of carbonyl (C=O) groups is 1. The molecule has 2 aliphatic rings. The van der Waals surface area contributed by atoms with Crippen LogP contribution in [0.4, 0.5) is 0 Å². The van der Waals surface area contributed by atoms with Crippen molar-refractivity contribution in [2.45, 2.75) is 31.4 Å². The van der Waals surface area contributed by atoms with Crippen molar-refractivity contribution in [2.75, 3.05) is 26.2 Å². The van der Waals surface area contributed by atoms with E-state index in [0.717, 1.165) is 49.0 Å². The van der Waals surface area contributed by atoms with Crippen LogP contribution in [0.5, 0.6) is 5.75 Å². The SMILES string of the molecule is N#CC1CCCN1C(=O)CN1CC[C@H](Oc2cccc3ncccc23)C1. The Kier molecular flexibility index (Phi) is 4.72. The summed E-state index contributed by atoms with van der Waals surface area (Å²) >= 11 is 0. The second-order valence-corrected chi connectivity index (χ2v) is 6.96.